The first-order valence-corrected chi connectivity index (χ1v) is 7.22. The van der Waals surface area contributed by atoms with Gasteiger partial charge >= 0.3 is 5.97 Å². The lowest BCUT2D eigenvalue weighted by Crippen LogP contribution is -2.30. The van der Waals surface area contributed by atoms with Crippen molar-refractivity contribution in [1.82, 2.24) is 0 Å². The van der Waals surface area contributed by atoms with Crippen LogP contribution in [0.15, 0.2) is 54.6 Å². The van der Waals surface area contributed by atoms with E-state index < -0.39 is 12.1 Å². The van der Waals surface area contributed by atoms with Gasteiger partial charge < -0.3 is 10.1 Å². The van der Waals surface area contributed by atoms with E-state index in [2.05, 4.69) is 5.32 Å². The second-order valence-electron chi connectivity index (χ2n) is 4.79. The summed E-state index contributed by atoms with van der Waals surface area (Å²) in [5, 5.41) is 3.29. The predicted octanol–water partition coefficient (Wildman–Crippen LogP) is 3.45. The van der Waals surface area contributed by atoms with Gasteiger partial charge in [0, 0.05) is 10.7 Å². The Labute approximate surface area is 134 Å². The topological polar surface area (TPSA) is 55.4 Å². The lowest BCUT2D eigenvalue weighted by Gasteiger charge is -2.13. The lowest BCUT2D eigenvalue weighted by atomic mass is 10.1. The third kappa shape index (κ3) is 4.90. The zero-order valence-electron chi connectivity index (χ0n) is 12.1. The Hall–Kier alpha value is -2.33. The number of ether oxygens (including phenoxy) is 1. The number of amides is 1. The molecule has 2 aromatic carbocycles. The molecule has 1 N–H and O–H groups in total. The highest BCUT2D eigenvalue weighted by molar-refractivity contribution is 6.30. The zero-order chi connectivity index (χ0) is 15.9. The van der Waals surface area contributed by atoms with E-state index in [9.17, 15) is 9.59 Å². The fourth-order valence-corrected chi connectivity index (χ4v) is 1.95. The first-order chi connectivity index (χ1) is 10.5. The molecule has 0 saturated carbocycles. The number of carbonyl (C=O) groups excluding carboxylic acids is 2. The minimum absolute atomic E-state index is 0.0973. The van der Waals surface area contributed by atoms with Crippen LogP contribution in [0.25, 0.3) is 0 Å². The summed E-state index contributed by atoms with van der Waals surface area (Å²) in [5.74, 6) is -0.825. The Balaban J connectivity index is 1.85. The van der Waals surface area contributed by atoms with Crippen LogP contribution in [0.1, 0.15) is 12.5 Å². The molecule has 0 aromatic heterocycles. The number of rotatable bonds is 5. The Bertz CT molecular complexity index is 641. The molecule has 2 rings (SSSR count). The summed E-state index contributed by atoms with van der Waals surface area (Å²) in [7, 11) is 0. The molecule has 1 atom stereocenters. The normalized spacial score (nSPS) is 11.5. The fraction of sp³-hybridized carbons (Fsp3) is 0.176. The molecule has 0 aliphatic heterocycles. The minimum Gasteiger partial charge on any atom is -0.452 e. The number of anilines is 1. The molecular weight excluding hydrogens is 302 g/mol. The van der Waals surface area contributed by atoms with E-state index in [4.69, 9.17) is 16.3 Å². The van der Waals surface area contributed by atoms with Crippen molar-refractivity contribution in [3.63, 3.8) is 0 Å². The largest absolute Gasteiger partial charge is 0.452 e. The summed E-state index contributed by atoms with van der Waals surface area (Å²) in [6.45, 7) is 1.54. The van der Waals surface area contributed by atoms with Crippen LogP contribution < -0.4 is 5.32 Å². The summed E-state index contributed by atoms with van der Waals surface area (Å²) in [6, 6.07) is 15.9. The third-order valence-electron chi connectivity index (χ3n) is 2.98. The molecule has 1 unspecified atom stereocenters. The van der Waals surface area contributed by atoms with Gasteiger partial charge in [-0.25, -0.2) is 0 Å². The minimum atomic E-state index is -0.861. The number of hydrogen-bond acceptors (Lipinski definition) is 3. The molecule has 0 fully saturated rings. The highest BCUT2D eigenvalue weighted by Gasteiger charge is 2.18. The van der Waals surface area contributed by atoms with E-state index in [1.54, 1.807) is 36.4 Å². The Morgan fingerprint density at radius 2 is 1.73 bits per heavy atom. The van der Waals surface area contributed by atoms with Crippen molar-refractivity contribution < 1.29 is 14.3 Å². The SMILES string of the molecule is CC(OC(=O)Cc1ccc(Cl)cc1)C(=O)Nc1ccccc1. The van der Waals surface area contributed by atoms with Crippen molar-refractivity contribution in [2.45, 2.75) is 19.4 Å². The smallest absolute Gasteiger partial charge is 0.311 e. The molecule has 0 aliphatic carbocycles. The van der Waals surface area contributed by atoms with Crippen molar-refractivity contribution in [2.24, 2.45) is 0 Å². The molecular formula is C17H16ClNO3. The molecule has 5 heteroatoms. The molecule has 1 amide bonds. The molecule has 2 aromatic rings. The number of carbonyl (C=O) groups is 2. The van der Waals surface area contributed by atoms with Crippen LogP contribution >= 0.6 is 11.6 Å². The van der Waals surface area contributed by atoms with Crippen LogP contribution in [0.3, 0.4) is 0 Å². The van der Waals surface area contributed by atoms with Crippen LogP contribution in [0, 0.1) is 0 Å². The Kier molecular flexibility index (Phi) is 5.55. The summed E-state index contributed by atoms with van der Waals surface area (Å²) < 4.78 is 5.13. The summed E-state index contributed by atoms with van der Waals surface area (Å²) in [6.07, 6.45) is -0.764. The fourth-order valence-electron chi connectivity index (χ4n) is 1.83. The van der Waals surface area contributed by atoms with E-state index in [1.807, 2.05) is 18.2 Å². The van der Waals surface area contributed by atoms with E-state index >= 15 is 0 Å². The highest BCUT2D eigenvalue weighted by atomic mass is 35.5. The maximum Gasteiger partial charge on any atom is 0.311 e. The van der Waals surface area contributed by atoms with Gasteiger partial charge in [0.1, 0.15) is 0 Å². The van der Waals surface area contributed by atoms with Crippen LogP contribution in [-0.2, 0) is 20.7 Å². The van der Waals surface area contributed by atoms with Crippen LogP contribution in [0.4, 0.5) is 5.69 Å². The van der Waals surface area contributed by atoms with Crippen LogP contribution in [-0.4, -0.2) is 18.0 Å². The van der Waals surface area contributed by atoms with Crippen molar-refractivity contribution in [2.75, 3.05) is 5.32 Å². The maximum absolute atomic E-state index is 11.9. The van der Waals surface area contributed by atoms with Gasteiger partial charge in [-0.05, 0) is 36.8 Å². The molecule has 4 nitrogen and oxygen atoms in total. The molecule has 0 radical (unpaired) electrons. The second-order valence-corrected chi connectivity index (χ2v) is 5.23. The molecule has 0 heterocycles. The molecule has 114 valence electrons. The van der Waals surface area contributed by atoms with Gasteiger partial charge in [-0.2, -0.15) is 0 Å². The maximum atomic E-state index is 11.9. The highest BCUT2D eigenvalue weighted by Crippen LogP contribution is 2.11. The first-order valence-electron chi connectivity index (χ1n) is 6.84. The van der Waals surface area contributed by atoms with Crippen LogP contribution in [0.5, 0.6) is 0 Å². The monoisotopic (exact) mass is 317 g/mol. The number of para-hydroxylation sites is 1. The molecule has 22 heavy (non-hydrogen) atoms. The van der Waals surface area contributed by atoms with E-state index in [1.165, 1.54) is 6.92 Å². The van der Waals surface area contributed by atoms with Gasteiger partial charge in [-0.1, -0.05) is 41.9 Å². The van der Waals surface area contributed by atoms with E-state index in [-0.39, 0.29) is 12.3 Å². The van der Waals surface area contributed by atoms with Crippen molar-refractivity contribution in [3.8, 4) is 0 Å². The number of halogens is 1. The Morgan fingerprint density at radius 1 is 1.09 bits per heavy atom. The van der Waals surface area contributed by atoms with Crippen molar-refractivity contribution >= 4 is 29.2 Å². The zero-order valence-corrected chi connectivity index (χ0v) is 12.8. The van der Waals surface area contributed by atoms with Crippen LogP contribution in [0.2, 0.25) is 5.02 Å². The Morgan fingerprint density at radius 3 is 2.36 bits per heavy atom. The van der Waals surface area contributed by atoms with E-state index in [0.29, 0.717) is 10.7 Å². The van der Waals surface area contributed by atoms with Gasteiger partial charge in [0.25, 0.3) is 5.91 Å². The van der Waals surface area contributed by atoms with Gasteiger partial charge in [-0.15, -0.1) is 0 Å². The summed E-state index contributed by atoms with van der Waals surface area (Å²) in [4.78, 5) is 23.8. The lowest BCUT2D eigenvalue weighted by molar-refractivity contribution is -0.152. The van der Waals surface area contributed by atoms with E-state index in [0.717, 1.165) is 5.56 Å². The average molecular weight is 318 g/mol. The molecule has 0 bridgehead atoms. The summed E-state index contributed by atoms with van der Waals surface area (Å²) >= 11 is 5.78. The van der Waals surface area contributed by atoms with Crippen molar-refractivity contribution in [1.29, 1.82) is 0 Å². The second kappa shape index (κ2) is 7.61. The molecule has 0 spiro atoms. The standard InChI is InChI=1S/C17H16ClNO3/c1-12(17(21)19-15-5-3-2-4-6-15)22-16(20)11-13-7-9-14(18)10-8-13/h2-10,12H,11H2,1H3,(H,19,21). The molecule has 0 saturated heterocycles. The summed E-state index contributed by atoms with van der Waals surface area (Å²) in [5.41, 5.74) is 1.44. The van der Waals surface area contributed by atoms with Crippen molar-refractivity contribution in [3.05, 3.63) is 65.2 Å². The predicted molar refractivity (Wildman–Crippen MR) is 85.8 cm³/mol. The first kappa shape index (κ1) is 16.0. The quantitative estimate of drug-likeness (QED) is 0.859. The number of nitrogens with one attached hydrogen (secondary N) is 1. The average Bonchev–Trinajstić information content (AvgIpc) is 2.50. The number of hydrogen-bond donors (Lipinski definition) is 1. The van der Waals surface area contributed by atoms with Gasteiger partial charge in [0.05, 0.1) is 6.42 Å². The molecule has 0 aliphatic rings. The van der Waals surface area contributed by atoms with Gasteiger partial charge in [0.2, 0.25) is 0 Å². The number of benzene rings is 2. The van der Waals surface area contributed by atoms with Gasteiger partial charge in [-0.3, -0.25) is 9.59 Å². The third-order valence-corrected chi connectivity index (χ3v) is 3.23. The van der Waals surface area contributed by atoms with Gasteiger partial charge in [0.15, 0.2) is 6.10 Å². The number of esters is 1.